The number of hydrogen-bond donors (Lipinski definition) is 0. The summed E-state index contributed by atoms with van der Waals surface area (Å²) in [5, 5.41) is 0. The Balaban J connectivity index is 3.84. The van der Waals surface area contributed by atoms with Gasteiger partial charge in [-0.1, -0.05) is 6.92 Å². The Morgan fingerprint density at radius 3 is 1.82 bits per heavy atom. The Morgan fingerprint density at radius 2 is 1.55 bits per heavy atom. The number of halogens is 3. The van der Waals surface area contributed by atoms with Crippen molar-refractivity contribution in [3.63, 3.8) is 0 Å². The lowest BCUT2D eigenvalue weighted by molar-refractivity contribution is 0.308. The van der Waals surface area contributed by atoms with Crippen molar-refractivity contribution in [2.45, 2.75) is 13.3 Å². The number of alkyl halides is 3. The quantitative estimate of drug-likeness (QED) is 0.508. The summed E-state index contributed by atoms with van der Waals surface area (Å²) in [4.78, 5) is 0. The molecule has 0 aliphatic carbocycles. The molecule has 0 aliphatic heterocycles. The molecule has 0 radical (unpaired) electrons. The van der Waals surface area contributed by atoms with Gasteiger partial charge in [0.15, 0.2) is 0 Å². The minimum atomic E-state index is -1.94. The Morgan fingerprint density at radius 1 is 1.09 bits per heavy atom. The third-order valence-corrected chi connectivity index (χ3v) is 8.00. The van der Waals surface area contributed by atoms with E-state index >= 15 is 0 Å². The molecular weight excluding hydrogens is 223 g/mol. The van der Waals surface area contributed by atoms with E-state index in [4.69, 9.17) is 39.2 Å². The van der Waals surface area contributed by atoms with Gasteiger partial charge in [0, 0.05) is 23.1 Å². The van der Waals surface area contributed by atoms with E-state index in [9.17, 15) is 0 Å². The van der Waals surface area contributed by atoms with E-state index in [1.165, 1.54) is 0 Å². The summed E-state index contributed by atoms with van der Waals surface area (Å²) < 4.78 is 5.57. The van der Waals surface area contributed by atoms with Gasteiger partial charge in [-0.15, -0.1) is 34.8 Å². The molecule has 1 nitrogen and oxygen atoms in total. The summed E-state index contributed by atoms with van der Waals surface area (Å²) in [5.41, 5.74) is 1.46. The van der Waals surface area contributed by atoms with Crippen molar-refractivity contribution in [3.8, 4) is 0 Å². The van der Waals surface area contributed by atoms with Gasteiger partial charge >= 0.3 is 0 Å². The average molecular weight is 236 g/mol. The molecule has 0 N–H and O–H groups in total. The maximum absolute atomic E-state index is 5.73. The topological polar surface area (TPSA) is 9.23 Å². The molecule has 0 aromatic heterocycles. The highest BCUT2D eigenvalue weighted by Gasteiger charge is 2.32. The summed E-state index contributed by atoms with van der Waals surface area (Å²) in [6.07, 6.45) is 0.986. The van der Waals surface area contributed by atoms with E-state index in [0.29, 0.717) is 16.5 Å². The predicted molar refractivity (Wildman–Crippen MR) is 54.2 cm³/mol. The Kier molecular flexibility index (Phi) is 7.17. The molecule has 0 fully saturated rings. The van der Waals surface area contributed by atoms with Gasteiger partial charge in [-0.25, -0.2) is 0 Å². The lowest BCUT2D eigenvalue weighted by Crippen LogP contribution is -2.46. The molecule has 5 heteroatoms. The molecule has 0 aromatic rings. The van der Waals surface area contributed by atoms with Crippen molar-refractivity contribution >= 4 is 43.1 Å². The van der Waals surface area contributed by atoms with Crippen molar-refractivity contribution < 1.29 is 4.43 Å². The van der Waals surface area contributed by atoms with Gasteiger partial charge in [0.25, 0.3) is 0 Å². The number of hydrogen-bond acceptors (Lipinski definition) is 1. The third-order valence-electron chi connectivity index (χ3n) is 1.34. The monoisotopic (exact) mass is 234 g/mol. The summed E-state index contributed by atoms with van der Waals surface area (Å²) in [5.74, 6) is 0. The Labute approximate surface area is 84.1 Å². The standard InChI is InChI=1S/C6H13Cl3OSi/c1-2-3-10-11(4-7,5-8)6-9/h2-6H2,1H3. The Bertz CT molecular complexity index is 89.6. The smallest absolute Gasteiger partial charge is 0.236 e. The van der Waals surface area contributed by atoms with E-state index in [1.807, 2.05) is 0 Å². The van der Waals surface area contributed by atoms with E-state index < -0.39 is 8.32 Å². The minimum Gasteiger partial charge on any atom is -0.413 e. The van der Waals surface area contributed by atoms with Crippen molar-refractivity contribution in [1.29, 1.82) is 0 Å². The summed E-state index contributed by atoms with van der Waals surface area (Å²) in [6, 6.07) is 0. The molecule has 0 atom stereocenters. The number of rotatable bonds is 6. The summed E-state index contributed by atoms with van der Waals surface area (Å²) in [6.45, 7) is 2.77. The van der Waals surface area contributed by atoms with Crippen LogP contribution in [-0.2, 0) is 4.43 Å². The zero-order chi connectivity index (χ0) is 8.74. The van der Waals surface area contributed by atoms with Crippen LogP contribution in [0.5, 0.6) is 0 Å². The predicted octanol–water partition coefficient (Wildman–Crippen LogP) is 2.69. The highest BCUT2D eigenvalue weighted by molar-refractivity contribution is 6.89. The van der Waals surface area contributed by atoms with E-state index in [2.05, 4.69) is 6.92 Å². The molecular formula is C6H13Cl3OSi. The van der Waals surface area contributed by atoms with Crippen molar-refractivity contribution in [2.24, 2.45) is 0 Å². The first-order valence-corrected chi connectivity index (χ1v) is 7.70. The van der Waals surface area contributed by atoms with Crippen LogP contribution in [0.25, 0.3) is 0 Å². The molecule has 0 aliphatic rings. The molecule has 0 bridgehead atoms. The summed E-state index contributed by atoms with van der Waals surface area (Å²) in [7, 11) is -1.94. The molecule has 0 amide bonds. The summed E-state index contributed by atoms with van der Waals surface area (Å²) >= 11 is 17.2. The highest BCUT2D eigenvalue weighted by atomic mass is 35.5. The molecule has 0 saturated heterocycles. The van der Waals surface area contributed by atoms with Crippen molar-refractivity contribution in [3.05, 3.63) is 0 Å². The molecule has 0 unspecified atom stereocenters. The first kappa shape index (κ1) is 12.0. The molecule has 0 rings (SSSR count). The second kappa shape index (κ2) is 6.55. The van der Waals surface area contributed by atoms with Gasteiger partial charge in [0.05, 0.1) is 0 Å². The van der Waals surface area contributed by atoms with Crippen LogP contribution >= 0.6 is 34.8 Å². The van der Waals surface area contributed by atoms with Crippen LogP contribution in [0.1, 0.15) is 13.3 Å². The maximum Gasteiger partial charge on any atom is 0.236 e. The highest BCUT2D eigenvalue weighted by Crippen LogP contribution is 2.12. The fourth-order valence-electron chi connectivity index (χ4n) is 0.541. The van der Waals surface area contributed by atoms with Crippen LogP contribution in [0.3, 0.4) is 0 Å². The second-order valence-corrected chi connectivity index (χ2v) is 8.29. The molecule has 0 aromatic carbocycles. The van der Waals surface area contributed by atoms with E-state index in [0.717, 1.165) is 13.0 Å². The second-order valence-electron chi connectivity index (χ2n) is 2.43. The van der Waals surface area contributed by atoms with Gasteiger partial charge in [0.1, 0.15) is 0 Å². The van der Waals surface area contributed by atoms with Crippen LogP contribution in [0.2, 0.25) is 0 Å². The fraction of sp³-hybridized carbons (Fsp3) is 1.00. The lowest BCUT2D eigenvalue weighted by atomic mass is 10.5. The lowest BCUT2D eigenvalue weighted by Gasteiger charge is -2.24. The first-order chi connectivity index (χ1) is 5.24. The normalized spacial score (nSPS) is 12.0. The zero-order valence-corrected chi connectivity index (χ0v) is 9.85. The van der Waals surface area contributed by atoms with E-state index in [-0.39, 0.29) is 0 Å². The van der Waals surface area contributed by atoms with Gasteiger partial charge in [0.2, 0.25) is 8.32 Å². The van der Waals surface area contributed by atoms with Crippen LogP contribution in [0.4, 0.5) is 0 Å². The van der Waals surface area contributed by atoms with Crippen LogP contribution in [0, 0.1) is 0 Å². The van der Waals surface area contributed by atoms with Crippen molar-refractivity contribution in [2.75, 3.05) is 23.1 Å². The molecule has 0 heterocycles. The molecule has 0 spiro atoms. The van der Waals surface area contributed by atoms with Crippen LogP contribution < -0.4 is 0 Å². The van der Waals surface area contributed by atoms with Crippen LogP contribution in [-0.4, -0.2) is 31.4 Å². The zero-order valence-electron chi connectivity index (χ0n) is 6.58. The first-order valence-electron chi connectivity index (χ1n) is 3.56. The van der Waals surface area contributed by atoms with Gasteiger partial charge in [-0.3, -0.25) is 0 Å². The van der Waals surface area contributed by atoms with Crippen molar-refractivity contribution in [1.82, 2.24) is 0 Å². The van der Waals surface area contributed by atoms with Gasteiger partial charge in [-0.05, 0) is 6.42 Å². The molecule has 68 valence electrons. The molecule has 0 saturated carbocycles. The molecule has 11 heavy (non-hydrogen) atoms. The Hall–Kier alpha value is 1.05. The minimum absolute atomic E-state index is 0.486. The SMILES string of the molecule is CCCO[Si](CCl)(CCl)CCl. The fourth-order valence-corrected chi connectivity index (χ4v) is 4.89. The van der Waals surface area contributed by atoms with Gasteiger partial charge in [-0.2, -0.15) is 0 Å². The maximum atomic E-state index is 5.73. The van der Waals surface area contributed by atoms with Crippen LogP contribution in [0.15, 0.2) is 0 Å². The third kappa shape index (κ3) is 3.99. The van der Waals surface area contributed by atoms with Gasteiger partial charge < -0.3 is 4.43 Å². The largest absolute Gasteiger partial charge is 0.413 e. The van der Waals surface area contributed by atoms with E-state index in [1.54, 1.807) is 0 Å². The average Bonchev–Trinajstić information content (AvgIpc) is 2.08.